The highest BCUT2D eigenvalue weighted by molar-refractivity contribution is 5.72. The highest BCUT2D eigenvalue weighted by Crippen LogP contribution is 2.18. The molecule has 0 aromatic carbocycles. The molecular weight excluding hydrogens is 689 g/mol. The van der Waals surface area contributed by atoms with Gasteiger partial charge in [-0.15, -0.1) is 0 Å². The molecule has 0 heterocycles. The van der Waals surface area contributed by atoms with Gasteiger partial charge in [0.15, 0.2) is 0 Å². The van der Waals surface area contributed by atoms with Gasteiger partial charge in [0.25, 0.3) is 0 Å². The van der Waals surface area contributed by atoms with E-state index in [0.29, 0.717) is 0 Å². The molecule has 0 unspecified atom stereocenters. The summed E-state index contributed by atoms with van der Waals surface area (Å²) in [5.41, 5.74) is 1.06. The van der Waals surface area contributed by atoms with E-state index in [4.69, 9.17) is 0 Å². The van der Waals surface area contributed by atoms with Crippen molar-refractivity contribution >= 4 is 6.29 Å². The van der Waals surface area contributed by atoms with Gasteiger partial charge in [0.05, 0.1) is 0 Å². The molecule has 0 saturated heterocycles. The summed E-state index contributed by atoms with van der Waals surface area (Å²) in [6.45, 7) is 4.59. The monoisotopic (exact) mass is 795 g/mol. The molecule has 0 atom stereocenters. The first-order valence-corrected chi connectivity index (χ1v) is 26.8. The smallest absolute Gasteiger partial charge is 0.145 e. The highest BCUT2D eigenvalue weighted by Gasteiger charge is 1.99. The SMILES string of the molecule is CCCCCCCCC=CCCCCCCCCCCCCCCCCCC=C(C=O)CCCCCCCCCCCCCCCCC=CCCCCCCCC. The maximum Gasteiger partial charge on any atom is 0.145 e. The van der Waals surface area contributed by atoms with E-state index in [1.165, 1.54) is 289 Å². The van der Waals surface area contributed by atoms with E-state index >= 15 is 0 Å². The quantitative estimate of drug-likeness (QED) is 0.0259. The molecule has 336 valence electrons. The summed E-state index contributed by atoms with van der Waals surface area (Å²) in [6, 6.07) is 0. The Balaban J connectivity index is 3.32. The zero-order valence-corrected chi connectivity index (χ0v) is 39.6. The number of hydrogen-bond donors (Lipinski definition) is 0. The third-order valence-corrected chi connectivity index (χ3v) is 12.5. The summed E-state index contributed by atoms with van der Waals surface area (Å²) in [4.78, 5) is 11.6. The Morgan fingerprint density at radius 1 is 0.263 bits per heavy atom. The summed E-state index contributed by atoms with van der Waals surface area (Å²) in [5.74, 6) is 0. The molecule has 0 bridgehead atoms. The second-order valence-corrected chi connectivity index (χ2v) is 18.3. The predicted octanol–water partition coefficient (Wildman–Crippen LogP) is 20.6. The third-order valence-electron chi connectivity index (χ3n) is 12.5. The van der Waals surface area contributed by atoms with Gasteiger partial charge in [-0.25, -0.2) is 0 Å². The lowest BCUT2D eigenvalue weighted by molar-refractivity contribution is -0.105. The first-order chi connectivity index (χ1) is 28.3. The summed E-state index contributed by atoms with van der Waals surface area (Å²) in [7, 11) is 0. The number of aldehydes is 1. The van der Waals surface area contributed by atoms with Crippen LogP contribution in [0.15, 0.2) is 36.0 Å². The van der Waals surface area contributed by atoms with Crippen LogP contribution in [0.4, 0.5) is 0 Å². The molecule has 0 N–H and O–H groups in total. The van der Waals surface area contributed by atoms with E-state index in [2.05, 4.69) is 44.2 Å². The van der Waals surface area contributed by atoms with Crippen molar-refractivity contribution in [2.75, 3.05) is 0 Å². The Morgan fingerprint density at radius 3 is 0.719 bits per heavy atom. The normalized spacial score (nSPS) is 12.2. The van der Waals surface area contributed by atoms with Crippen molar-refractivity contribution in [3.63, 3.8) is 0 Å². The molecule has 0 aliphatic heterocycles. The van der Waals surface area contributed by atoms with Crippen LogP contribution in [0.2, 0.25) is 0 Å². The van der Waals surface area contributed by atoms with Gasteiger partial charge in [0, 0.05) is 0 Å². The molecular formula is C56H106O. The first-order valence-electron chi connectivity index (χ1n) is 26.8. The van der Waals surface area contributed by atoms with Crippen LogP contribution >= 0.6 is 0 Å². The Labute approximate surface area is 361 Å². The molecule has 0 aromatic heterocycles. The summed E-state index contributed by atoms with van der Waals surface area (Å²) in [6.07, 6.45) is 77.9. The molecule has 1 nitrogen and oxygen atoms in total. The van der Waals surface area contributed by atoms with Crippen LogP contribution in [0.3, 0.4) is 0 Å². The van der Waals surface area contributed by atoms with E-state index < -0.39 is 0 Å². The van der Waals surface area contributed by atoms with Crippen LogP contribution in [-0.2, 0) is 4.79 Å². The van der Waals surface area contributed by atoms with E-state index in [1.807, 2.05) is 0 Å². The second kappa shape index (κ2) is 52.9. The number of carbonyl (C=O) groups excluding carboxylic acids is 1. The molecule has 1 heteroatoms. The molecule has 0 spiro atoms. The summed E-state index contributed by atoms with van der Waals surface area (Å²) < 4.78 is 0. The van der Waals surface area contributed by atoms with Crippen molar-refractivity contribution < 1.29 is 4.79 Å². The molecule has 0 fully saturated rings. The Kier molecular flexibility index (Phi) is 51.9. The number of carbonyl (C=O) groups is 1. The summed E-state index contributed by atoms with van der Waals surface area (Å²) in [5, 5.41) is 0. The topological polar surface area (TPSA) is 17.1 Å². The van der Waals surface area contributed by atoms with Crippen LogP contribution in [0.5, 0.6) is 0 Å². The molecule has 0 rings (SSSR count). The van der Waals surface area contributed by atoms with Crippen molar-refractivity contribution in [1.82, 2.24) is 0 Å². The average molecular weight is 795 g/mol. The zero-order chi connectivity index (χ0) is 41.1. The fourth-order valence-corrected chi connectivity index (χ4v) is 8.47. The van der Waals surface area contributed by atoms with Gasteiger partial charge < -0.3 is 0 Å². The van der Waals surface area contributed by atoms with E-state index in [-0.39, 0.29) is 0 Å². The minimum absolute atomic E-state index is 0.997. The number of rotatable bonds is 50. The Morgan fingerprint density at radius 2 is 0.474 bits per heavy atom. The maximum atomic E-state index is 11.6. The van der Waals surface area contributed by atoms with Crippen LogP contribution in [-0.4, -0.2) is 6.29 Å². The van der Waals surface area contributed by atoms with Crippen molar-refractivity contribution in [3.8, 4) is 0 Å². The summed E-state index contributed by atoms with van der Waals surface area (Å²) >= 11 is 0. The van der Waals surface area contributed by atoms with Crippen molar-refractivity contribution in [1.29, 1.82) is 0 Å². The first kappa shape index (κ1) is 55.9. The number of allylic oxidation sites excluding steroid dienone is 6. The van der Waals surface area contributed by atoms with Gasteiger partial charge in [-0.05, 0) is 82.6 Å². The standard InChI is InChI=1S/C56H106O/c1-3-5-7-9-11-13-15-17-19-21-23-25-27-29-30-32-34-36-38-40-42-44-46-48-50-52-54-56(55-57)53-51-49-47-45-43-41-39-37-35-33-31-28-26-24-22-20-18-16-14-12-10-8-6-4-2/h17-20,54-55H,3-16,21-53H2,1-2H3. The fourth-order valence-electron chi connectivity index (χ4n) is 8.47. The fraction of sp³-hybridized carbons (Fsp3) is 0.875. The van der Waals surface area contributed by atoms with Gasteiger partial charge >= 0.3 is 0 Å². The largest absolute Gasteiger partial charge is 0.298 e. The minimum Gasteiger partial charge on any atom is -0.298 e. The van der Waals surface area contributed by atoms with Gasteiger partial charge in [0.2, 0.25) is 0 Å². The average Bonchev–Trinajstić information content (AvgIpc) is 3.22. The lowest BCUT2D eigenvalue weighted by atomic mass is 10.0. The molecule has 0 radical (unpaired) electrons. The van der Waals surface area contributed by atoms with Gasteiger partial charge in [-0.3, -0.25) is 4.79 Å². The third kappa shape index (κ3) is 51.0. The molecule has 0 saturated carbocycles. The van der Waals surface area contributed by atoms with Gasteiger partial charge in [-0.1, -0.05) is 269 Å². The van der Waals surface area contributed by atoms with Crippen molar-refractivity contribution in [2.24, 2.45) is 0 Å². The Hall–Kier alpha value is -1.11. The van der Waals surface area contributed by atoms with Crippen LogP contribution < -0.4 is 0 Å². The second-order valence-electron chi connectivity index (χ2n) is 18.3. The molecule has 0 amide bonds. The van der Waals surface area contributed by atoms with Crippen LogP contribution in [0.25, 0.3) is 0 Å². The van der Waals surface area contributed by atoms with E-state index in [9.17, 15) is 4.79 Å². The van der Waals surface area contributed by atoms with E-state index in [0.717, 1.165) is 24.7 Å². The number of unbranched alkanes of at least 4 members (excludes halogenated alkanes) is 42. The van der Waals surface area contributed by atoms with Crippen molar-refractivity contribution in [2.45, 2.75) is 316 Å². The van der Waals surface area contributed by atoms with Crippen LogP contribution in [0, 0.1) is 0 Å². The zero-order valence-electron chi connectivity index (χ0n) is 39.6. The molecule has 0 aromatic rings. The Bertz CT molecular complexity index is 819. The van der Waals surface area contributed by atoms with Crippen LogP contribution in [0.1, 0.15) is 316 Å². The van der Waals surface area contributed by atoms with Gasteiger partial charge in [0.1, 0.15) is 6.29 Å². The lowest BCUT2D eigenvalue weighted by Crippen LogP contribution is -1.88. The molecule has 0 aliphatic carbocycles. The predicted molar refractivity (Wildman–Crippen MR) is 261 cm³/mol. The maximum absolute atomic E-state index is 11.6. The molecule has 57 heavy (non-hydrogen) atoms. The van der Waals surface area contributed by atoms with E-state index in [1.54, 1.807) is 0 Å². The molecule has 0 aliphatic rings. The highest BCUT2D eigenvalue weighted by atomic mass is 16.1. The lowest BCUT2D eigenvalue weighted by Gasteiger charge is -2.04. The minimum atomic E-state index is 0.997. The van der Waals surface area contributed by atoms with Crippen molar-refractivity contribution in [3.05, 3.63) is 36.0 Å². The van der Waals surface area contributed by atoms with Gasteiger partial charge in [-0.2, -0.15) is 0 Å². The number of hydrogen-bond acceptors (Lipinski definition) is 1.